The number of aryl methyl sites for hydroxylation is 1. The number of nitrogens with zero attached hydrogens (tertiary/aromatic N) is 3. The Balaban J connectivity index is 1.43. The molecule has 0 aliphatic rings. The van der Waals surface area contributed by atoms with Crippen molar-refractivity contribution in [3.8, 4) is 11.3 Å². The highest BCUT2D eigenvalue weighted by Gasteiger charge is 2.22. The fraction of sp³-hybridized carbons (Fsp3) is 0.179. The number of nitro groups is 1. The van der Waals surface area contributed by atoms with Gasteiger partial charge in [-0.2, -0.15) is 0 Å². The monoisotopic (exact) mass is 580 g/mol. The Bertz CT molecular complexity index is 1590. The molecule has 0 atom stereocenters. The number of rotatable bonds is 10. The molecule has 4 rings (SSSR count). The largest absolute Gasteiger partial charge is 0.382 e. The number of aromatic nitrogens is 1. The number of hydrogen-bond donors (Lipinski definition) is 3. The van der Waals surface area contributed by atoms with Crippen LogP contribution < -0.4 is 20.9 Å². The standard InChI is InChI=1S/C28H26ClFN6O5/c1-16-25(26(34-41-16)17-4-8-19(30)9-5-17)28(38)32-13-12-31-22-15-23(24(36(39)40)14-21(22)29)33-27(37)18-6-10-20(11-7-18)35(2)3/h4-11,14-15,31H,12-13H2,1-3H3,(H,32,38)(H,33,37). The van der Waals surface area contributed by atoms with E-state index in [4.69, 9.17) is 16.1 Å². The van der Waals surface area contributed by atoms with Crippen molar-refractivity contribution >= 4 is 46.2 Å². The molecular formula is C28H26ClFN6O5. The van der Waals surface area contributed by atoms with E-state index in [0.717, 1.165) is 11.8 Å². The maximum Gasteiger partial charge on any atom is 0.294 e. The predicted molar refractivity (Wildman–Crippen MR) is 154 cm³/mol. The van der Waals surface area contributed by atoms with Gasteiger partial charge in [0.1, 0.15) is 28.5 Å². The summed E-state index contributed by atoms with van der Waals surface area (Å²) in [5, 5.41) is 24.0. The topological polar surface area (TPSA) is 143 Å². The molecule has 0 bridgehead atoms. The van der Waals surface area contributed by atoms with Gasteiger partial charge in [-0.05, 0) is 61.5 Å². The normalized spacial score (nSPS) is 10.7. The fourth-order valence-electron chi connectivity index (χ4n) is 3.96. The van der Waals surface area contributed by atoms with Gasteiger partial charge < -0.3 is 25.4 Å². The molecule has 13 heteroatoms. The molecule has 0 aliphatic heterocycles. The van der Waals surface area contributed by atoms with Crippen LogP contribution in [0.4, 0.5) is 27.1 Å². The molecule has 0 saturated carbocycles. The summed E-state index contributed by atoms with van der Waals surface area (Å²) in [7, 11) is 3.74. The minimum Gasteiger partial charge on any atom is -0.382 e. The van der Waals surface area contributed by atoms with Gasteiger partial charge in [0, 0.05) is 50.1 Å². The van der Waals surface area contributed by atoms with E-state index in [1.165, 1.54) is 30.3 Å². The molecule has 0 radical (unpaired) electrons. The molecule has 212 valence electrons. The van der Waals surface area contributed by atoms with Gasteiger partial charge in [0.15, 0.2) is 0 Å². The van der Waals surface area contributed by atoms with Gasteiger partial charge in [0.2, 0.25) is 0 Å². The second kappa shape index (κ2) is 12.5. The average Bonchev–Trinajstić information content (AvgIpc) is 3.33. The van der Waals surface area contributed by atoms with E-state index in [1.807, 2.05) is 19.0 Å². The third-order valence-corrected chi connectivity index (χ3v) is 6.42. The first-order valence-corrected chi connectivity index (χ1v) is 12.7. The SMILES string of the molecule is Cc1onc(-c2ccc(F)cc2)c1C(=O)NCCNc1cc(NC(=O)c2ccc(N(C)C)cc2)c([N+](=O)[O-])cc1Cl. The highest BCUT2D eigenvalue weighted by atomic mass is 35.5. The van der Waals surface area contributed by atoms with E-state index in [0.29, 0.717) is 22.6 Å². The molecule has 4 aromatic rings. The van der Waals surface area contributed by atoms with Crippen molar-refractivity contribution in [3.63, 3.8) is 0 Å². The lowest BCUT2D eigenvalue weighted by atomic mass is 10.1. The lowest BCUT2D eigenvalue weighted by Crippen LogP contribution is -2.29. The summed E-state index contributed by atoms with van der Waals surface area (Å²) in [5.41, 5.74) is 2.13. The molecule has 1 aromatic heterocycles. The van der Waals surface area contributed by atoms with Crippen LogP contribution in [-0.4, -0.2) is 49.1 Å². The van der Waals surface area contributed by atoms with Crippen molar-refractivity contribution in [2.24, 2.45) is 0 Å². The van der Waals surface area contributed by atoms with Crippen LogP contribution in [0.3, 0.4) is 0 Å². The number of amides is 2. The Morgan fingerprint density at radius 2 is 1.71 bits per heavy atom. The molecule has 3 N–H and O–H groups in total. The molecule has 0 saturated heterocycles. The van der Waals surface area contributed by atoms with Gasteiger partial charge in [0.25, 0.3) is 17.5 Å². The van der Waals surface area contributed by atoms with Crippen molar-refractivity contribution in [1.82, 2.24) is 10.5 Å². The molecule has 0 spiro atoms. The van der Waals surface area contributed by atoms with E-state index >= 15 is 0 Å². The Labute approximate surface area is 239 Å². The lowest BCUT2D eigenvalue weighted by Gasteiger charge is -2.14. The van der Waals surface area contributed by atoms with E-state index in [-0.39, 0.29) is 40.7 Å². The third-order valence-electron chi connectivity index (χ3n) is 6.11. The minimum atomic E-state index is -0.638. The molecule has 11 nitrogen and oxygen atoms in total. The van der Waals surface area contributed by atoms with E-state index < -0.39 is 22.6 Å². The fourth-order valence-corrected chi connectivity index (χ4v) is 4.19. The van der Waals surface area contributed by atoms with Crippen LogP contribution in [0.15, 0.2) is 65.2 Å². The van der Waals surface area contributed by atoms with E-state index in [9.17, 15) is 24.1 Å². The van der Waals surface area contributed by atoms with Gasteiger partial charge >= 0.3 is 0 Å². The van der Waals surface area contributed by atoms with E-state index in [1.54, 1.807) is 31.2 Å². The number of anilines is 3. The molecule has 0 aliphatic carbocycles. The zero-order valence-corrected chi connectivity index (χ0v) is 23.1. The summed E-state index contributed by atoms with van der Waals surface area (Å²) in [4.78, 5) is 38.6. The average molecular weight is 581 g/mol. The number of carbonyl (C=O) groups excluding carboxylic acids is 2. The minimum absolute atomic E-state index is 0.0448. The molecule has 3 aromatic carbocycles. The van der Waals surface area contributed by atoms with Crippen LogP contribution in [-0.2, 0) is 0 Å². The Kier molecular flexibility index (Phi) is 8.83. The number of hydrogen-bond acceptors (Lipinski definition) is 8. The zero-order valence-electron chi connectivity index (χ0n) is 22.3. The Morgan fingerprint density at radius 3 is 2.34 bits per heavy atom. The van der Waals surface area contributed by atoms with Crippen molar-refractivity contribution in [3.05, 3.63) is 98.5 Å². The summed E-state index contributed by atoms with van der Waals surface area (Å²) >= 11 is 6.27. The van der Waals surface area contributed by atoms with Gasteiger partial charge in [0.05, 0.1) is 15.6 Å². The number of nitro benzene ring substituents is 1. The van der Waals surface area contributed by atoms with Gasteiger partial charge in [-0.1, -0.05) is 16.8 Å². The molecule has 41 heavy (non-hydrogen) atoms. The van der Waals surface area contributed by atoms with Crippen LogP contribution in [0.1, 0.15) is 26.5 Å². The smallest absolute Gasteiger partial charge is 0.294 e. The van der Waals surface area contributed by atoms with Gasteiger partial charge in [-0.25, -0.2) is 4.39 Å². The highest BCUT2D eigenvalue weighted by molar-refractivity contribution is 6.33. The van der Waals surface area contributed by atoms with Gasteiger partial charge in [-0.15, -0.1) is 0 Å². The third kappa shape index (κ3) is 6.79. The van der Waals surface area contributed by atoms with Crippen LogP contribution in [0.2, 0.25) is 5.02 Å². The second-order valence-corrected chi connectivity index (χ2v) is 9.56. The quantitative estimate of drug-likeness (QED) is 0.127. The van der Waals surface area contributed by atoms with Crippen molar-refractivity contribution in [2.75, 3.05) is 42.7 Å². The molecule has 2 amide bonds. The Hall–Kier alpha value is -4.97. The Morgan fingerprint density at radius 1 is 1.02 bits per heavy atom. The van der Waals surface area contributed by atoms with Gasteiger partial charge in [-0.3, -0.25) is 19.7 Å². The van der Waals surface area contributed by atoms with Crippen molar-refractivity contribution in [2.45, 2.75) is 6.92 Å². The predicted octanol–water partition coefficient (Wildman–Crippen LogP) is 5.51. The molecule has 0 fully saturated rings. The van der Waals surface area contributed by atoms with Crippen molar-refractivity contribution < 1.29 is 23.4 Å². The maximum atomic E-state index is 13.3. The van der Waals surface area contributed by atoms with E-state index in [2.05, 4.69) is 21.1 Å². The summed E-state index contributed by atoms with van der Waals surface area (Å²) in [5.74, 6) is -1.10. The first kappa shape index (κ1) is 29.0. The van der Waals surface area contributed by atoms with Crippen LogP contribution in [0.25, 0.3) is 11.3 Å². The van der Waals surface area contributed by atoms with Crippen LogP contribution in [0, 0.1) is 22.9 Å². The number of carbonyl (C=O) groups is 2. The number of nitrogens with one attached hydrogen (secondary N) is 3. The second-order valence-electron chi connectivity index (χ2n) is 9.15. The summed E-state index contributed by atoms with van der Waals surface area (Å²) in [6.07, 6.45) is 0. The number of benzene rings is 3. The van der Waals surface area contributed by atoms with Crippen molar-refractivity contribution in [1.29, 1.82) is 0 Å². The summed E-state index contributed by atoms with van der Waals surface area (Å²) in [6.45, 7) is 1.93. The van der Waals surface area contributed by atoms with Crippen LogP contribution in [0.5, 0.6) is 0 Å². The summed E-state index contributed by atoms with van der Waals surface area (Å²) in [6, 6.07) is 14.8. The summed E-state index contributed by atoms with van der Waals surface area (Å²) < 4.78 is 18.5. The lowest BCUT2D eigenvalue weighted by molar-refractivity contribution is -0.383. The number of halogens is 2. The first-order valence-electron chi connectivity index (χ1n) is 12.4. The maximum absolute atomic E-state index is 13.3. The molecular weight excluding hydrogens is 555 g/mol. The first-order chi connectivity index (χ1) is 19.5. The molecule has 0 unspecified atom stereocenters. The zero-order chi connectivity index (χ0) is 29.7. The molecule has 1 heterocycles. The highest BCUT2D eigenvalue weighted by Crippen LogP contribution is 2.35. The van der Waals surface area contributed by atoms with Crippen LogP contribution >= 0.6 is 11.6 Å².